The molecule has 0 saturated carbocycles. The third-order valence-electron chi connectivity index (χ3n) is 3.03. The zero-order valence-corrected chi connectivity index (χ0v) is 12.1. The molecule has 1 aromatic rings. The Morgan fingerprint density at radius 3 is 2.89 bits per heavy atom. The van der Waals surface area contributed by atoms with Gasteiger partial charge in [0, 0.05) is 11.4 Å². The van der Waals surface area contributed by atoms with Gasteiger partial charge in [-0.05, 0) is 37.8 Å². The summed E-state index contributed by atoms with van der Waals surface area (Å²) in [5.74, 6) is 0.248. The predicted molar refractivity (Wildman–Crippen MR) is 79.7 cm³/mol. The van der Waals surface area contributed by atoms with E-state index in [2.05, 4.69) is 10.6 Å². The molecule has 0 bridgehead atoms. The van der Waals surface area contributed by atoms with Crippen LogP contribution < -0.4 is 10.6 Å². The second-order valence-corrected chi connectivity index (χ2v) is 5.08. The van der Waals surface area contributed by atoms with Crippen LogP contribution in [0.25, 0.3) is 0 Å². The number of carbonyl (C=O) groups is 1. The summed E-state index contributed by atoms with van der Waals surface area (Å²) in [5, 5.41) is 6.30. The van der Waals surface area contributed by atoms with Crippen LogP contribution in [0.15, 0.2) is 29.2 Å². The lowest BCUT2D eigenvalue weighted by molar-refractivity contribution is -0.120. The highest BCUT2D eigenvalue weighted by Crippen LogP contribution is 2.25. The van der Waals surface area contributed by atoms with Crippen LogP contribution in [0.3, 0.4) is 0 Å². The van der Waals surface area contributed by atoms with Gasteiger partial charge >= 0.3 is 0 Å². The molecular formula is C13H19ClN2OS. The predicted octanol–water partition coefficient (Wildman–Crippen LogP) is 2.77. The summed E-state index contributed by atoms with van der Waals surface area (Å²) in [4.78, 5) is 13.2. The van der Waals surface area contributed by atoms with Crippen LogP contribution in [0, 0.1) is 5.92 Å². The van der Waals surface area contributed by atoms with Crippen LogP contribution >= 0.6 is 24.2 Å². The van der Waals surface area contributed by atoms with Gasteiger partial charge in [0.05, 0.1) is 11.6 Å². The van der Waals surface area contributed by atoms with Crippen molar-refractivity contribution in [2.45, 2.75) is 17.7 Å². The van der Waals surface area contributed by atoms with E-state index in [1.54, 1.807) is 11.8 Å². The van der Waals surface area contributed by atoms with Gasteiger partial charge in [0.25, 0.3) is 0 Å². The van der Waals surface area contributed by atoms with Gasteiger partial charge in [0.15, 0.2) is 0 Å². The van der Waals surface area contributed by atoms with E-state index in [-0.39, 0.29) is 24.2 Å². The zero-order valence-electron chi connectivity index (χ0n) is 10.4. The van der Waals surface area contributed by atoms with Gasteiger partial charge in [-0.15, -0.1) is 24.2 Å². The van der Waals surface area contributed by atoms with E-state index in [4.69, 9.17) is 0 Å². The number of hydrogen-bond acceptors (Lipinski definition) is 3. The van der Waals surface area contributed by atoms with E-state index in [0.29, 0.717) is 0 Å². The first-order valence-corrected chi connectivity index (χ1v) is 7.18. The van der Waals surface area contributed by atoms with E-state index in [1.807, 2.05) is 30.5 Å². The average Bonchev–Trinajstić information content (AvgIpc) is 2.40. The highest BCUT2D eigenvalue weighted by molar-refractivity contribution is 7.98. The van der Waals surface area contributed by atoms with Crippen molar-refractivity contribution in [2.75, 3.05) is 24.7 Å². The number of anilines is 1. The van der Waals surface area contributed by atoms with Crippen LogP contribution in [0.1, 0.15) is 12.8 Å². The molecule has 0 aromatic heterocycles. The molecule has 2 N–H and O–H groups in total. The molecule has 1 heterocycles. The number of hydrogen-bond donors (Lipinski definition) is 2. The highest BCUT2D eigenvalue weighted by Gasteiger charge is 2.21. The maximum Gasteiger partial charge on any atom is 0.228 e. The maximum absolute atomic E-state index is 12.1. The molecule has 1 aliphatic heterocycles. The van der Waals surface area contributed by atoms with Gasteiger partial charge in [-0.2, -0.15) is 0 Å². The summed E-state index contributed by atoms with van der Waals surface area (Å²) in [7, 11) is 0. The SMILES string of the molecule is CSc1ccccc1NC(=O)C1CCCNC1.Cl. The van der Waals surface area contributed by atoms with Crippen molar-refractivity contribution in [3.63, 3.8) is 0 Å². The number of carbonyl (C=O) groups excluding carboxylic acids is 1. The van der Waals surface area contributed by atoms with Gasteiger partial charge < -0.3 is 10.6 Å². The van der Waals surface area contributed by atoms with Crippen molar-refractivity contribution in [3.05, 3.63) is 24.3 Å². The zero-order chi connectivity index (χ0) is 12.1. The quantitative estimate of drug-likeness (QED) is 0.840. The summed E-state index contributed by atoms with van der Waals surface area (Å²) in [6.07, 6.45) is 4.09. The highest BCUT2D eigenvalue weighted by atomic mass is 35.5. The Morgan fingerprint density at radius 1 is 1.44 bits per heavy atom. The normalized spacial score (nSPS) is 18.8. The summed E-state index contributed by atoms with van der Waals surface area (Å²) in [6, 6.07) is 7.93. The van der Waals surface area contributed by atoms with Gasteiger partial charge in [-0.3, -0.25) is 4.79 Å². The molecule has 1 fully saturated rings. The van der Waals surface area contributed by atoms with Gasteiger partial charge in [-0.1, -0.05) is 12.1 Å². The Kier molecular flexibility index (Phi) is 6.54. The fourth-order valence-corrected chi connectivity index (χ4v) is 2.61. The van der Waals surface area contributed by atoms with Gasteiger partial charge in [0.2, 0.25) is 5.91 Å². The Bertz CT molecular complexity index is 394. The molecule has 1 aromatic carbocycles. The third-order valence-corrected chi connectivity index (χ3v) is 3.83. The molecular weight excluding hydrogens is 268 g/mol. The summed E-state index contributed by atoms with van der Waals surface area (Å²) in [6.45, 7) is 1.83. The molecule has 2 rings (SSSR count). The van der Waals surface area contributed by atoms with E-state index in [9.17, 15) is 4.79 Å². The van der Waals surface area contributed by atoms with Crippen molar-refractivity contribution < 1.29 is 4.79 Å². The number of nitrogens with one attached hydrogen (secondary N) is 2. The second-order valence-electron chi connectivity index (χ2n) is 4.23. The van der Waals surface area contributed by atoms with Gasteiger partial charge in [-0.25, -0.2) is 0 Å². The number of halogens is 1. The van der Waals surface area contributed by atoms with Crippen molar-refractivity contribution in [3.8, 4) is 0 Å². The number of rotatable bonds is 3. The fourth-order valence-electron chi connectivity index (χ4n) is 2.06. The molecule has 5 heteroatoms. The molecule has 18 heavy (non-hydrogen) atoms. The van der Waals surface area contributed by atoms with E-state index >= 15 is 0 Å². The number of amides is 1. The first-order valence-electron chi connectivity index (χ1n) is 5.96. The van der Waals surface area contributed by atoms with Crippen molar-refractivity contribution in [1.29, 1.82) is 0 Å². The number of benzene rings is 1. The van der Waals surface area contributed by atoms with E-state index < -0.39 is 0 Å². The minimum absolute atomic E-state index is 0. The maximum atomic E-state index is 12.1. The van der Waals surface area contributed by atoms with Crippen LogP contribution in [0.2, 0.25) is 0 Å². The van der Waals surface area contributed by atoms with E-state index in [1.165, 1.54) is 0 Å². The van der Waals surface area contributed by atoms with E-state index in [0.717, 1.165) is 36.5 Å². The lowest BCUT2D eigenvalue weighted by atomic mass is 9.99. The Morgan fingerprint density at radius 2 is 2.22 bits per heavy atom. The standard InChI is InChI=1S/C13H18N2OS.ClH/c1-17-12-7-3-2-6-11(12)15-13(16)10-5-4-8-14-9-10;/h2-3,6-7,10,14H,4-5,8-9H2,1H3,(H,15,16);1H. The van der Waals surface area contributed by atoms with Crippen LogP contribution in [-0.2, 0) is 4.79 Å². The van der Waals surface area contributed by atoms with Crippen LogP contribution in [0.4, 0.5) is 5.69 Å². The number of thioether (sulfide) groups is 1. The molecule has 3 nitrogen and oxygen atoms in total. The molecule has 1 amide bonds. The lowest BCUT2D eigenvalue weighted by Crippen LogP contribution is -2.37. The lowest BCUT2D eigenvalue weighted by Gasteiger charge is -2.22. The Balaban J connectivity index is 0.00000162. The number of para-hydroxylation sites is 1. The minimum Gasteiger partial charge on any atom is -0.325 e. The van der Waals surface area contributed by atoms with Gasteiger partial charge in [0.1, 0.15) is 0 Å². The molecule has 0 aliphatic carbocycles. The second kappa shape index (κ2) is 7.67. The first kappa shape index (κ1) is 15.3. The molecule has 0 spiro atoms. The topological polar surface area (TPSA) is 41.1 Å². The molecule has 1 unspecified atom stereocenters. The first-order chi connectivity index (χ1) is 8.31. The Labute approximate surface area is 119 Å². The molecule has 1 aliphatic rings. The smallest absolute Gasteiger partial charge is 0.228 e. The Hall–Kier alpha value is -0.710. The monoisotopic (exact) mass is 286 g/mol. The third kappa shape index (κ3) is 3.90. The fraction of sp³-hybridized carbons (Fsp3) is 0.462. The molecule has 1 saturated heterocycles. The summed E-state index contributed by atoms with van der Waals surface area (Å²) >= 11 is 1.65. The molecule has 100 valence electrons. The molecule has 0 radical (unpaired) electrons. The summed E-state index contributed by atoms with van der Waals surface area (Å²) in [5.41, 5.74) is 0.926. The summed E-state index contributed by atoms with van der Waals surface area (Å²) < 4.78 is 0. The molecule has 1 atom stereocenters. The van der Waals surface area contributed by atoms with Crippen molar-refractivity contribution in [2.24, 2.45) is 5.92 Å². The number of piperidine rings is 1. The van der Waals surface area contributed by atoms with Crippen molar-refractivity contribution >= 4 is 35.8 Å². The van der Waals surface area contributed by atoms with Crippen LogP contribution in [0.5, 0.6) is 0 Å². The van der Waals surface area contributed by atoms with Crippen molar-refractivity contribution in [1.82, 2.24) is 5.32 Å². The van der Waals surface area contributed by atoms with Crippen LogP contribution in [-0.4, -0.2) is 25.3 Å². The largest absolute Gasteiger partial charge is 0.325 e. The minimum atomic E-state index is 0. The average molecular weight is 287 g/mol.